The molecule has 0 spiro atoms. The average molecular weight is 382 g/mol. The highest BCUT2D eigenvalue weighted by atomic mass is 32.1. The molecule has 0 unspecified atom stereocenters. The first-order valence-electron chi connectivity index (χ1n) is 8.37. The van der Waals surface area contributed by atoms with Gasteiger partial charge in [-0.25, -0.2) is 9.37 Å². The van der Waals surface area contributed by atoms with Crippen LogP contribution in [0.1, 0.15) is 16.3 Å². The third-order valence-electron chi connectivity index (χ3n) is 3.90. The van der Waals surface area contributed by atoms with Gasteiger partial charge in [-0.15, -0.1) is 11.3 Å². The molecule has 0 fully saturated rings. The summed E-state index contributed by atoms with van der Waals surface area (Å²) in [5.41, 5.74) is 2.00. The van der Waals surface area contributed by atoms with Crippen molar-refractivity contribution in [2.75, 3.05) is 11.9 Å². The van der Waals surface area contributed by atoms with Crippen LogP contribution in [0, 0.1) is 12.7 Å². The van der Waals surface area contributed by atoms with Crippen molar-refractivity contribution in [3.05, 3.63) is 82.1 Å². The summed E-state index contributed by atoms with van der Waals surface area (Å²) < 4.78 is 19.5. The molecule has 0 radical (unpaired) electrons. The first kappa shape index (κ1) is 18.8. The Balaban J connectivity index is 1.58. The summed E-state index contributed by atoms with van der Waals surface area (Å²) in [6.07, 6.45) is 3.10. The van der Waals surface area contributed by atoms with Gasteiger partial charge in [0.25, 0.3) is 5.91 Å². The van der Waals surface area contributed by atoms with E-state index in [9.17, 15) is 9.18 Å². The van der Waals surface area contributed by atoms with Gasteiger partial charge in [-0.3, -0.25) is 4.79 Å². The summed E-state index contributed by atoms with van der Waals surface area (Å²) in [6.45, 7) is 2.38. The second kappa shape index (κ2) is 8.60. The number of aryl methyl sites for hydroxylation is 1. The number of thiazole rings is 1. The second-order valence-electron chi connectivity index (χ2n) is 5.90. The fraction of sp³-hybridized carbons (Fsp3) is 0.143. The van der Waals surface area contributed by atoms with Crippen LogP contribution >= 0.6 is 11.3 Å². The van der Waals surface area contributed by atoms with E-state index in [-0.39, 0.29) is 11.6 Å². The Morgan fingerprint density at radius 2 is 1.96 bits per heavy atom. The number of rotatable bonds is 6. The van der Waals surface area contributed by atoms with Crippen molar-refractivity contribution in [2.24, 2.45) is 0 Å². The number of benzene rings is 2. The number of nitrogens with zero attached hydrogens (tertiary/aromatic N) is 2. The molecule has 0 aliphatic heterocycles. The van der Waals surface area contributed by atoms with Crippen LogP contribution in [0.4, 0.5) is 10.1 Å². The van der Waals surface area contributed by atoms with Gasteiger partial charge in [-0.05, 0) is 42.8 Å². The van der Waals surface area contributed by atoms with Crippen molar-refractivity contribution in [2.45, 2.75) is 13.5 Å². The van der Waals surface area contributed by atoms with E-state index in [1.807, 2.05) is 36.6 Å². The van der Waals surface area contributed by atoms with Gasteiger partial charge in [0, 0.05) is 18.5 Å². The lowest BCUT2D eigenvalue weighted by Gasteiger charge is -2.15. The topological polar surface area (TPSA) is 42.4 Å². The fourth-order valence-electron chi connectivity index (χ4n) is 2.43. The molecule has 0 bridgehead atoms. The van der Waals surface area contributed by atoms with E-state index in [0.717, 1.165) is 22.0 Å². The van der Waals surface area contributed by atoms with Crippen LogP contribution in [0.3, 0.4) is 0 Å². The van der Waals surface area contributed by atoms with Crippen LogP contribution in [0.15, 0.2) is 60.0 Å². The molecule has 0 N–H and O–H groups in total. The van der Waals surface area contributed by atoms with Gasteiger partial charge in [0.05, 0.1) is 16.4 Å². The number of carbonyl (C=O) groups is 1. The first-order valence-corrected chi connectivity index (χ1v) is 9.25. The molecule has 0 aliphatic carbocycles. The lowest BCUT2D eigenvalue weighted by Crippen LogP contribution is -2.24. The number of halogens is 1. The molecule has 0 atom stereocenters. The number of ether oxygens (including phenoxy) is 1. The standard InChI is InChI=1S/C21H19FN2O2S/c1-15-23-17(14-27-15)13-26-18-10-7-16(8-11-18)9-12-21(25)24(2)20-6-4-3-5-19(20)22/h3-12,14H,13H2,1-2H3/b12-9+. The Morgan fingerprint density at radius 1 is 1.22 bits per heavy atom. The van der Waals surface area contributed by atoms with Gasteiger partial charge in [0.15, 0.2) is 0 Å². The quantitative estimate of drug-likeness (QED) is 0.573. The summed E-state index contributed by atoms with van der Waals surface area (Å²) in [6, 6.07) is 13.6. The molecule has 2 aromatic carbocycles. The molecular formula is C21H19FN2O2S. The molecule has 6 heteroatoms. The summed E-state index contributed by atoms with van der Waals surface area (Å²) in [5.74, 6) is -0.00881. The Labute approximate surface area is 161 Å². The summed E-state index contributed by atoms with van der Waals surface area (Å²) in [7, 11) is 1.54. The van der Waals surface area contributed by atoms with Crippen LogP contribution in [0.2, 0.25) is 0 Å². The molecular weight excluding hydrogens is 363 g/mol. The highest BCUT2D eigenvalue weighted by Gasteiger charge is 2.11. The molecule has 27 heavy (non-hydrogen) atoms. The lowest BCUT2D eigenvalue weighted by atomic mass is 10.2. The van der Waals surface area contributed by atoms with E-state index in [0.29, 0.717) is 6.61 Å². The minimum atomic E-state index is -0.432. The maximum absolute atomic E-state index is 13.8. The third-order valence-corrected chi connectivity index (χ3v) is 4.72. The van der Waals surface area contributed by atoms with E-state index in [1.54, 1.807) is 42.7 Å². The number of amides is 1. The van der Waals surface area contributed by atoms with E-state index in [1.165, 1.54) is 17.0 Å². The zero-order valence-corrected chi connectivity index (χ0v) is 15.9. The number of likely N-dealkylation sites (N-methyl/N-ethyl adjacent to an activating group) is 1. The van der Waals surface area contributed by atoms with Crippen molar-refractivity contribution in [3.8, 4) is 5.75 Å². The third kappa shape index (κ3) is 5.01. The number of para-hydroxylation sites is 1. The van der Waals surface area contributed by atoms with E-state index >= 15 is 0 Å². The van der Waals surface area contributed by atoms with Crippen molar-refractivity contribution in [3.63, 3.8) is 0 Å². The smallest absolute Gasteiger partial charge is 0.250 e. The molecule has 138 valence electrons. The fourth-order valence-corrected chi connectivity index (χ4v) is 3.03. The number of aromatic nitrogens is 1. The van der Waals surface area contributed by atoms with Crippen LogP contribution in [0.5, 0.6) is 5.75 Å². The molecule has 0 aliphatic rings. The zero-order chi connectivity index (χ0) is 19.2. The van der Waals surface area contributed by atoms with Gasteiger partial charge >= 0.3 is 0 Å². The summed E-state index contributed by atoms with van der Waals surface area (Å²) in [5, 5.41) is 2.99. The van der Waals surface area contributed by atoms with Gasteiger partial charge in [-0.2, -0.15) is 0 Å². The normalized spacial score (nSPS) is 10.9. The van der Waals surface area contributed by atoms with Gasteiger partial charge in [0.1, 0.15) is 18.2 Å². The predicted octanol–water partition coefficient (Wildman–Crippen LogP) is 4.85. The van der Waals surface area contributed by atoms with Crippen molar-refractivity contribution in [1.82, 2.24) is 4.98 Å². The molecule has 1 amide bonds. The van der Waals surface area contributed by atoms with Crippen molar-refractivity contribution < 1.29 is 13.9 Å². The van der Waals surface area contributed by atoms with Crippen LogP contribution < -0.4 is 9.64 Å². The number of hydrogen-bond acceptors (Lipinski definition) is 4. The van der Waals surface area contributed by atoms with E-state index in [4.69, 9.17) is 4.74 Å². The molecule has 3 rings (SSSR count). The molecule has 1 heterocycles. The largest absolute Gasteiger partial charge is 0.487 e. The van der Waals surface area contributed by atoms with Crippen molar-refractivity contribution in [1.29, 1.82) is 0 Å². The van der Waals surface area contributed by atoms with Crippen LogP contribution in [-0.2, 0) is 11.4 Å². The van der Waals surface area contributed by atoms with E-state index in [2.05, 4.69) is 4.98 Å². The van der Waals surface area contributed by atoms with E-state index < -0.39 is 5.82 Å². The van der Waals surface area contributed by atoms with Crippen molar-refractivity contribution >= 4 is 29.0 Å². The minimum absolute atomic E-state index is 0.244. The van der Waals surface area contributed by atoms with Crippen LogP contribution in [-0.4, -0.2) is 17.9 Å². The van der Waals surface area contributed by atoms with Gasteiger partial charge < -0.3 is 9.64 Å². The molecule has 4 nitrogen and oxygen atoms in total. The maximum Gasteiger partial charge on any atom is 0.250 e. The summed E-state index contributed by atoms with van der Waals surface area (Å²) >= 11 is 1.59. The van der Waals surface area contributed by atoms with Gasteiger partial charge in [-0.1, -0.05) is 24.3 Å². The Bertz CT molecular complexity index is 951. The SMILES string of the molecule is Cc1nc(COc2ccc(/C=C/C(=O)N(C)c3ccccc3F)cc2)cs1. The molecule has 1 aromatic heterocycles. The lowest BCUT2D eigenvalue weighted by molar-refractivity contribution is -0.113. The number of carbonyl (C=O) groups excluding carboxylic acids is 1. The first-order chi connectivity index (χ1) is 13.0. The Morgan fingerprint density at radius 3 is 2.63 bits per heavy atom. The second-order valence-corrected chi connectivity index (χ2v) is 6.96. The predicted molar refractivity (Wildman–Crippen MR) is 106 cm³/mol. The number of hydrogen-bond donors (Lipinski definition) is 0. The van der Waals surface area contributed by atoms with Gasteiger partial charge in [0.2, 0.25) is 0 Å². The molecule has 0 saturated carbocycles. The molecule has 0 saturated heterocycles. The van der Waals surface area contributed by atoms with Crippen LogP contribution in [0.25, 0.3) is 6.08 Å². The summed E-state index contributed by atoms with van der Waals surface area (Å²) in [4.78, 5) is 17.9. The highest BCUT2D eigenvalue weighted by Crippen LogP contribution is 2.19. The monoisotopic (exact) mass is 382 g/mol. The molecule has 3 aromatic rings. The average Bonchev–Trinajstić information content (AvgIpc) is 3.10. The number of anilines is 1. The highest BCUT2D eigenvalue weighted by molar-refractivity contribution is 7.09. The minimum Gasteiger partial charge on any atom is -0.487 e. The Hall–Kier alpha value is -2.99. The Kier molecular flexibility index (Phi) is 5.98. The zero-order valence-electron chi connectivity index (χ0n) is 15.1. The maximum atomic E-state index is 13.8.